The van der Waals surface area contributed by atoms with Gasteiger partial charge in [0.25, 0.3) is 11.8 Å². The van der Waals surface area contributed by atoms with Gasteiger partial charge in [-0.25, -0.2) is 9.57 Å². The van der Waals surface area contributed by atoms with Crippen molar-refractivity contribution in [2.45, 2.75) is 55.3 Å². The Morgan fingerprint density at radius 3 is 2.65 bits per heavy atom. The molecule has 4 aliphatic rings. The number of hydrogen-bond donors (Lipinski definition) is 8. The Morgan fingerprint density at radius 1 is 1.14 bits per heavy atom. The third-order valence-electron chi connectivity index (χ3n) is 8.97. The number of fused-ring (bicyclic) bond motifs is 1. The molecule has 1 fully saturated rings. The SMILES string of the molecule is COc1ccccc1C(=O)NC[C@@H]1NC(N)=[N+]2CC(NC(=O)c3cccc4c3OCCC4(C)C)C(O)(O)[C@@]23NC(N)=N[C@@H]13. The highest BCUT2D eigenvalue weighted by molar-refractivity contribution is 5.98. The molecule has 0 radical (unpaired) electrons. The average molecular weight is 594 g/mol. The second-order valence-corrected chi connectivity index (χ2v) is 11.9. The fraction of sp³-hybridized carbons (Fsp3) is 0.448. The number of methoxy groups -OCH3 is 1. The van der Waals surface area contributed by atoms with E-state index in [2.05, 4.69) is 40.1 Å². The normalized spacial score (nSPS) is 27.7. The number of aliphatic hydroxyl groups is 2. The van der Waals surface area contributed by atoms with Crippen molar-refractivity contribution in [1.29, 1.82) is 0 Å². The van der Waals surface area contributed by atoms with Crippen molar-refractivity contribution in [3.63, 3.8) is 0 Å². The Labute approximate surface area is 248 Å². The molecular formula is C29H37N8O6+. The van der Waals surface area contributed by atoms with Crippen LogP contribution in [0.15, 0.2) is 47.5 Å². The summed E-state index contributed by atoms with van der Waals surface area (Å²) in [4.78, 5) is 31.1. The highest BCUT2D eigenvalue weighted by Gasteiger charge is 2.75. The van der Waals surface area contributed by atoms with E-state index in [4.69, 9.17) is 20.9 Å². The van der Waals surface area contributed by atoms with Gasteiger partial charge in [-0.1, -0.05) is 38.1 Å². The smallest absolute Gasteiger partial charge is 0.346 e. The van der Waals surface area contributed by atoms with Crippen molar-refractivity contribution in [3.8, 4) is 11.5 Å². The zero-order chi connectivity index (χ0) is 30.7. The van der Waals surface area contributed by atoms with Crippen molar-refractivity contribution in [3.05, 3.63) is 59.2 Å². The molecule has 43 heavy (non-hydrogen) atoms. The van der Waals surface area contributed by atoms with Crippen molar-refractivity contribution < 1.29 is 33.9 Å². The molecule has 10 N–H and O–H groups in total. The van der Waals surface area contributed by atoms with Gasteiger partial charge in [0.05, 0.1) is 37.9 Å². The van der Waals surface area contributed by atoms with Crippen molar-refractivity contribution in [2.75, 3.05) is 26.8 Å². The van der Waals surface area contributed by atoms with Crippen molar-refractivity contribution in [2.24, 2.45) is 16.5 Å². The lowest BCUT2D eigenvalue weighted by molar-refractivity contribution is -0.623. The Kier molecular flexibility index (Phi) is 6.65. The summed E-state index contributed by atoms with van der Waals surface area (Å²) >= 11 is 0. The van der Waals surface area contributed by atoms with Crippen LogP contribution in [0.2, 0.25) is 0 Å². The molecule has 4 atom stereocenters. The monoisotopic (exact) mass is 593 g/mol. The first-order valence-electron chi connectivity index (χ1n) is 14.1. The molecular weight excluding hydrogens is 556 g/mol. The Balaban J connectivity index is 1.26. The molecule has 1 saturated heterocycles. The summed E-state index contributed by atoms with van der Waals surface area (Å²) in [5, 5.41) is 35.2. The summed E-state index contributed by atoms with van der Waals surface area (Å²) in [5.41, 5.74) is 12.1. The van der Waals surface area contributed by atoms with Crippen LogP contribution < -0.4 is 42.2 Å². The van der Waals surface area contributed by atoms with Crippen molar-refractivity contribution >= 4 is 23.7 Å². The maximum atomic E-state index is 13.6. The molecule has 0 saturated carbocycles. The number of ether oxygens (including phenoxy) is 2. The van der Waals surface area contributed by atoms with Gasteiger partial charge in [0, 0.05) is 5.56 Å². The summed E-state index contributed by atoms with van der Waals surface area (Å²) in [7, 11) is 1.47. The van der Waals surface area contributed by atoms with E-state index >= 15 is 0 Å². The Morgan fingerprint density at radius 2 is 1.88 bits per heavy atom. The lowest BCUT2D eigenvalue weighted by Crippen LogP contribution is -2.79. The predicted octanol–water partition coefficient (Wildman–Crippen LogP) is -1.74. The van der Waals surface area contributed by atoms with Gasteiger partial charge in [0.2, 0.25) is 11.4 Å². The van der Waals surface area contributed by atoms with E-state index < -0.39 is 41.4 Å². The summed E-state index contributed by atoms with van der Waals surface area (Å²) in [5.74, 6) is -2.60. The maximum Gasteiger partial charge on any atom is 0.346 e. The molecule has 4 heterocycles. The number of hydrogen-bond acceptors (Lipinski definition) is 11. The zero-order valence-electron chi connectivity index (χ0n) is 24.2. The number of rotatable bonds is 6. The average Bonchev–Trinajstić information content (AvgIpc) is 3.44. The molecule has 6 rings (SSSR count). The second kappa shape index (κ2) is 10.0. The molecule has 4 aliphatic heterocycles. The molecule has 0 bridgehead atoms. The van der Waals surface area contributed by atoms with E-state index in [1.807, 2.05) is 6.07 Å². The van der Waals surface area contributed by atoms with Gasteiger partial charge in [0.1, 0.15) is 29.6 Å². The fourth-order valence-electron chi connectivity index (χ4n) is 6.64. The van der Waals surface area contributed by atoms with Gasteiger partial charge in [-0.2, -0.15) is 0 Å². The molecule has 1 unspecified atom stereocenters. The van der Waals surface area contributed by atoms with E-state index in [9.17, 15) is 19.8 Å². The topological polar surface area (TPSA) is 209 Å². The molecule has 2 amide bonds. The number of carbonyl (C=O) groups excluding carboxylic acids is 2. The number of amides is 2. The second-order valence-electron chi connectivity index (χ2n) is 11.9. The number of guanidine groups is 2. The molecule has 0 aromatic heterocycles. The molecule has 2 aromatic rings. The van der Waals surface area contributed by atoms with Gasteiger partial charge in [0.15, 0.2) is 5.96 Å². The van der Waals surface area contributed by atoms with Crippen LogP contribution in [0.4, 0.5) is 0 Å². The summed E-state index contributed by atoms with van der Waals surface area (Å²) in [6.07, 6.45) is 0.804. The number of nitrogens with one attached hydrogen (secondary N) is 4. The highest BCUT2D eigenvalue weighted by atomic mass is 16.5. The molecule has 1 spiro atoms. The van der Waals surface area contributed by atoms with Crippen LogP contribution in [-0.2, 0) is 5.41 Å². The van der Waals surface area contributed by atoms with E-state index in [1.165, 1.54) is 11.7 Å². The van der Waals surface area contributed by atoms with E-state index in [0.29, 0.717) is 29.2 Å². The van der Waals surface area contributed by atoms with E-state index in [1.54, 1.807) is 36.4 Å². The predicted molar refractivity (Wildman–Crippen MR) is 156 cm³/mol. The summed E-state index contributed by atoms with van der Waals surface area (Å²) < 4.78 is 12.7. The molecule has 14 nitrogen and oxygen atoms in total. The van der Waals surface area contributed by atoms with Gasteiger partial charge in [-0.05, 0) is 30.0 Å². The first-order valence-corrected chi connectivity index (χ1v) is 14.1. The summed E-state index contributed by atoms with van der Waals surface area (Å²) in [6.45, 7) is 4.57. The lowest BCUT2D eigenvalue weighted by Gasteiger charge is -2.43. The minimum Gasteiger partial charge on any atom is -0.496 e. The number of para-hydroxylation sites is 2. The van der Waals surface area contributed by atoms with Crippen LogP contribution in [0.1, 0.15) is 46.5 Å². The molecule has 0 aliphatic carbocycles. The van der Waals surface area contributed by atoms with Crippen LogP contribution >= 0.6 is 0 Å². The first kappa shape index (κ1) is 28.6. The summed E-state index contributed by atoms with van der Waals surface area (Å²) in [6, 6.07) is 9.30. The number of carbonyl (C=O) groups is 2. The maximum absolute atomic E-state index is 13.6. The van der Waals surface area contributed by atoms with Gasteiger partial charge in [-0.15, -0.1) is 0 Å². The quantitative estimate of drug-likeness (QED) is 0.140. The number of nitrogens with two attached hydrogens (primary N) is 2. The molecule has 228 valence electrons. The van der Waals surface area contributed by atoms with E-state index in [-0.39, 0.29) is 30.4 Å². The number of aliphatic imine (C=N–C) groups is 1. The standard InChI is InChI=1S/C29H36N8O6/c1-27(2)11-12-43-21-16(8-6-9-17(21)27)24(39)34-20-14-37-26(31)33-18(22-28(37,29(20,40)41)36-25(30)35-22)13-32-23(38)15-7-4-5-10-19(15)42-3/h4-10,18,20,22,40-41H,11-14H2,1-3H3,(H7,30,31,32,33,34,35,36,38,39)/p+1/t18-,20?,22-,28-/m0/s1. The van der Waals surface area contributed by atoms with Crippen LogP contribution in [0.3, 0.4) is 0 Å². The zero-order valence-corrected chi connectivity index (χ0v) is 24.2. The Bertz CT molecular complexity index is 1560. The van der Waals surface area contributed by atoms with E-state index in [0.717, 1.165) is 12.0 Å². The molecule has 2 aromatic carbocycles. The fourth-order valence-corrected chi connectivity index (χ4v) is 6.64. The first-order chi connectivity index (χ1) is 20.4. The highest BCUT2D eigenvalue weighted by Crippen LogP contribution is 2.43. The van der Waals surface area contributed by atoms with Crippen LogP contribution in [0.5, 0.6) is 11.5 Å². The number of nitrogens with zero attached hydrogens (tertiary/aromatic N) is 2. The number of benzene rings is 2. The minimum absolute atomic E-state index is 0.00663. The minimum atomic E-state index is -2.61. The van der Waals surface area contributed by atoms with Crippen molar-refractivity contribution in [1.82, 2.24) is 21.3 Å². The van der Waals surface area contributed by atoms with Crippen LogP contribution in [0.25, 0.3) is 0 Å². The van der Waals surface area contributed by atoms with Crippen LogP contribution in [0, 0.1) is 0 Å². The molecule has 14 heteroatoms. The Hall–Kier alpha value is -4.56. The van der Waals surface area contributed by atoms with Gasteiger partial charge >= 0.3 is 5.96 Å². The largest absolute Gasteiger partial charge is 0.496 e. The van der Waals surface area contributed by atoms with Crippen LogP contribution in [-0.4, -0.2) is 94.9 Å². The van der Waals surface area contributed by atoms with Gasteiger partial charge < -0.3 is 41.4 Å². The van der Waals surface area contributed by atoms with Gasteiger partial charge in [-0.3, -0.25) is 20.6 Å². The lowest BCUT2D eigenvalue weighted by atomic mass is 9.79. The third kappa shape index (κ3) is 4.31. The third-order valence-corrected chi connectivity index (χ3v) is 8.97.